The molecule has 0 spiro atoms. The number of nitrogens with two attached hydrogens (primary N) is 1. The van der Waals surface area contributed by atoms with E-state index in [4.69, 9.17) is 5.73 Å². The Morgan fingerprint density at radius 2 is 1.70 bits per heavy atom. The molecule has 27 heavy (non-hydrogen) atoms. The summed E-state index contributed by atoms with van der Waals surface area (Å²) in [4.78, 5) is 15.1. The molecule has 0 bridgehead atoms. The van der Waals surface area contributed by atoms with Crippen LogP contribution in [-0.2, 0) is 11.2 Å². The molecule has 1 amide bonds. The van der Waals surface area contributed by atoms with Gasteiger partial charge in [0.15, 0.2) is 0 Å². The first-order valence-electron chi connectivity index (χ1n) is 9.58. The van der Waals surface area contributed by atoms with Crippen molar-refractivity contribution >= 4 is 18.3 Å². The molecule has 0 saturated carbocycles. The predicted molar refractivity (Wildman–Crippen MR) is 114 cm³/mol. The third-order valence-corrected chi connectivity index (χ3v) is 5.68. The van der Waals surface area contributed by atoms with Gasteiger partial charge in [-0.15, -0.1) is 12.4 Å². The molecule has 1 aliphatic rings. The average molecular weight is 387 g/mol. The highest BCUT2D eigenvalue weighted by molar-refractivity contribution is 5.85. The molecule has 0 radical (unpaired) electrons. The van der Waals surface area contributed by atoms with E-state index in [2.05, 4.69) is 62.4 Å². The fourth-order valence-corrected chi connectivity index (χ4v) is 3.86. The van der Waals surface area contributed by atoms with Gasteiger partial charge in [-0.25, -0.2) is 0 Å². The summed E-state index contributed by atoms with van der Waals surface area (Å²) in [6.45, 7) is 5.85. The molecule has 1 aliphatic heterocycles. The number of rotatable bonds is 5. The van der Waals surface area contributed by atoms with Crippen molar-refractivity contribution in [3.05, 3.63) is 71.8 Å². The van der Waals surface area contributed by atoms with Crippen LogP contribution in [0.4, 0.5) is 0 Å². The SMILES string of the molecule is CC1(C)CN(C(=O)CC(Cc2ccccc2)c2ccccc2)CCC1N.Cl. The molecule has 1 heterocycles. The van der Waals surface area contributed by atoms with Crippen LogP contribution in [0.1, 0.15) is 43.7 Å². The van der Waals surface area contributed by atoms with E-state index in [0.717, 1.165) is 25.9 Å². The zero-order valence-electron chi connectivity index (χ0n) is 16.3. The molecule has 3 rings (SSSR count). The molecule has 4 heteroatoms. The molecule has 2 unspecified atom stereocenters. The van der Waals surface area contributed by atoms with Crippen molar-refractivity contribution < 1.29 is 4.79 Å². The van der Waals surface area contributed by atoms with Gasteiger partial charge in [-0.3, -0.25) is 4.79 Å². The molecule has 2 aromatic rings. The lowest BCUT2D eigenvalue weighted by atomic mass is 9.79. The third kappa shape index (κ3) is 5.57. The molecule has 2 atom stereocenters. The topological polar surface area (TPSA) is 46.3 Å². The van der Waals surface area contributed by atoms with E-state index in [1.165, 1.54) is 11.1 Å². The summed E-state index contributed by atoms with van der Waals surface area (Å²) in [6, 6.07) is 21.0. The maximum atomic E-state index is 13.1. The first-order chi connectivity index (χ1) is 12.5. The van der Waals surface area contributed by atoms with Crippen LogP contribution in [-0.4, -0.2) is 29.9 Å². The Bertz CT molecular complexity index is 718. The second kappa shape index (κ2) is 9.38. The third-order valence-electron chi connectivity index (χ3n) is 5.68. The van der Waals surface area contributed by atoms with Gasteiger partial charge in [-0.1, -0.05) is 74.5 Å². The van der Waals surface area contributed by atoms with Gasteiger partial charge in [0.2, 0.25) is 5.91 Å². The average Bonchev–Trinajstić information content (AvgIpc) is 2.65. The summed E-state index contributed by atoms with van der Waals surface area (Å²) in [5, 5.41) is 0. The Kier molecular flexibility index (Phi) is 7.46. The molecule has 1 fully saturated rings. The Labute approximate surface area is 169 Å². The summed E-state index contributed by atoms with van der Waals surface area (Å²) in [6.07, 6.45) is 2.31. The van der Waals surface area contributed by atoms with Gasteiger partial charge >= 0.3 is 0 Å². The van der Waals surface area contributed by atoms with Crippen LogP contribution in [0.25, 0.3) is 0 Å². The monoisotopic (exact) mass is 386 g/mol. The van der Waals surface area contributed by atoms with E-state index in [-0.39, 0.29) is 35.7 Å². The lowest BCUT2D eigenvalue weighted by molar-refractivity contribution is -0.135. The maximum Gasteiger partial charge on any atom is 0.223 e. The number of likely N-dealkylation sites (tertiary alicyclic amines) is 1. The molecule has 0 aromatic heterocycles. The summed E-state index contributed by atoms with van der Waals surface area (Å²) in [5.41, 5.74) is 8.72. The molecular formula is C23H31ClN2O. The number of carbonyl (C=O) groups is 1. The van der Waals surface area contributed by atoms with E-state index in [0.29, 0.717) is 6.42 Å². The number of benzene rings is 2. The fraction of sp³-hybridized carbons (Fsp3) is 0.435. The zero-order chi connectivity index (χ0) is 18.6. The largest absolute Gasteiger partial charge is 0.342 e. The zero-order valence-corrected chi connectivity index (χ0v) is 17.1. The Hall–Kier alpha value is -1.84. The quantitative estimate of drug-likeness (QED) is 0.827. The van der Waals surface area contributed by atoms with Gasteiger partial charge in [0.25, 0.3) is 0 Å². The van der Waals surface area contributed by atoms with Gasteiger partial charge in [0.1, 0.15) is 0 Å². The highest BCUT2D eigenvalue weighted by Crippen LogP contribution is 2.30. The van der Waals surface area contributed by atoms with Crippen molar-refractivity contribution in [2.24, 2.45) is 11.1 Å². The van der Waals surface area contributed by atoms with E-state index < -0.39 is 0 Å². The molecule has 2 N–H and O–H groups in total. The van der Waals surface area contributed by atoms with E-state index in [9.17, 15) is 4.79 Å². The van der Waals surface area contributed by atoms with Crippen molar-refractivity contribution in [1.82, 2.24) is 4.90 Å². The van der Waals surface area contributed by atoms with Gasteiger partial charge in [-0.2, -0.15) is 0 Å². The molecule has 2 aromatic carbocycles. The Morgan fingerprint density at radius 1 is 1.11 bits per heavy atom. The number of piperidine rings is 1. The van der Waals surface area contributed by atoms with Crippen molar-refractivity contribution in [2.75, 3.05) is 13.1 Å². The fourth-order valence-electron chi connectivity index (χ4n) is 3.86. The minimum atomic E-state index is -0.0183. The van der Waals surface area contributed by atoms with Crippen LogP contribution in [0.3, 0.4) is 0 Å². The van der Waals surface area contributed by atoms with Gasteiger partial charge in [0.05, 0.1) is 0 Å². The van der Waals surface area contributed by atoms with Crippen molar-refractivity contribution in [3.63, 3.8) is 0 Å². The van der Waals surface area contributed by atoms with E-state index in [1.807, 2.05) is 17.0 Å². The molecule has 3 nitrogen and oxygen atoms in total. The molecule has 146 valence electrons. The van der Waals surface area contributed by atoms with Gasteiger partial charge in [-0.05, 0) is 35.3 Å². The molecule has 0 aliphatic carbocycles. The predicted octanol–water partition coefficient (Wildman–Crippen LogP) is 4.41. The summed E-state index contributed by atoms with van der Waals surface area (Å²) in [5.74, 6) is 0.444. The number of hydrogen-bond acceptors (Lipinski definition) is 2. The van der Waals surface area contributed by atoms with E-state index in [1.54, 1.807) is 0 Å². The standard InChI is InChI=1S/C23H30N2O.ClH/c1-23(2)17-25(14-13-21(23)24)22(26)16-20(19-11-7-4-8-12-19)15-18-9-5-3-6-10-18;/h3-12,20-21H,13-17,24H2,1-2H3;1H. The highest BCUT2D eigenvalue weighted by Gasteiger charge is 2.35. The highest BCUT2D eigenvalue weighted by atomic mass is 35.5. The summed E-state index contributed by atoms with van der Waals surface area (Å²) in [7, 11) is 0. The normalized spacial score (nSPS) is 19.8. The smallest absolute Gasteiger partial charge is 0.223 e. The van der Waals surface area contributed by atoms with Crippen LogP contribution >= 0.6 is 12.4 Å². The molecular weight excluding hydrogens is 356 g/mol. The van der Waals surface area contributed by atoms with Gasteiger partial charge < -0.3 is 10.6 Å². The van der Waals surface area contributed by atoms with Crippen molar-refractivity contribution in [3.8, 4) is 0 Å². The Balaban J connectivity index is 0.00000261. The van der Waals surface area contributed by atoms with Crippen LogP contribution in [0.15, 0.2) is 60.7 Å². The lowest BCUT2D eigenvalue weighted by Crippen LogP contribution is -2.54. The summed E-state index contributed by atoms with van der Waals surface area (Å²) >= 11 is 0. The van der Waals surface area contributed by atoms with Gasteiger partial charge in [0, 0.05) is 25.6 Å². The second-order valence-electron chi connectivity index (χ2n) is 8.20. The first kappa shape index (κ1) is 21.5. The number of amides is 1. The minimum Gasteiger partial charge on any atom is -0.342 e. The number of hydrogen-bond donors (Lipinski definition) is 1. The molecule has 1 saturated heterocycles. The lowest BCUT2D eigenvalue weighted by Gasteiger charge is -2.43. The van der Waals surface area contributed by atoms with Crippen molar-refractivity contribution in [1.29, 1.82) is 0 Å². The first-order valence-corrected chi connectivity index (χ1v) is 9.58. The van der Waals surface area contributed by atoms with E-state index >= 15 is 0 Å². The van der Waals surface area contributed by atoms with Crippen LogP contribution in [0, 0.1) is 5.41 Å². The number of halogens is 1. The minimum absolute atomic E-state index is 0. The maximum absolute atomic E-state index is 13.1. The van der Waals surface area contributed by atoms with Crippen molar-refractivity contribution in [2.45, 2.75) is 45.1 Å². The van der Waals surface area contributed by atoms with Crippen LogP contribution in [0.5, 0.6) is 0 Å². The number of carbonyl (C=O) groups excluding carboxylic acids is 1. The van der Waals surface area contributed by atoms with Crippen LogP contribution in [0.2, 0.25) is 0 Å². The summed E-state index contributed by atoms with van der Waals surface area (Å²) < 4.78 is 0. The Morgan fingerprint density at radius 3 is 2.30 bits per heavy atom. The van der Waals surface area contributed by atoms with Crippen LogP contribution < -0.4 is 5.73 Å². The number of nitrogens with zero attached hydrogens (tertiary/aromatic N) is 1. The second-order valence-corrected chi connectivity index (χ2v) is 8.20.